The van der Waals surface area contributed by atoms with Crippen molar-refractivity contribution in [2.75, 3.05) is 18.4 Å². The van der Waals surface area contributed by atoms with Crippen LogP contribution in [0.4, 0.5) is 5.95 Å². The minimum absolute atomic E-state index is 0.103. The molecule has 2 rings (SSSR count). The third-order valence-corrected chi connectivity index (χ3v) is 2.09. The molecule has 0 aliphatic rings. The van der Waals surface area contributed by atoms with Crippen molar-refractivity contribution in [2.45, 2.75) is 0 Å². The van der Waals surface area contributed by atoms with Crippen molar-refractivity contribution in [3.8, 4) is 0 Å². The van der Waals surface area contributed by atoms with Crippen LogP contribution in [-0.2, 0) is 10.4 Å². The molecule has 0 radical (unpaired) electrons. The third kappa shape index (κ3) is 7.71. The lowest BCUT2D eigenvalue weighted by Crippen LogP contribution is -2.24. The van der Waals surface area contributed by atoms with Crippen molar-refractivity contribution in [2.24, 2.45) is 16.5 Å². The van der Waals surface area contributed by atoms with Gasteiger partial charge in [-0.25, -0.2) is 4.98 Å². The Hall–Kier alpha value is -2.37. The highest BCUT2D eigenvalue weighted by Crippen LogP contribution is 2.12. The Bertz CT molecular complexity index is 666. The van der Waals surface area contributed by atoms with Gasteiger partial charge in [-0.3, -0.25) is 14.1 Å². The summed E-state index contributed by atoms with van der Waals surface area (Å²) in [6.07, 6.45) is 0. The van der Waals surface area contributed by atoms with Gasteiger partial charge in [0.25, 0.3) is 0 Å². The SMILES string of the molecule is NC(N)=NCCNc1nc2ccccc2[nH]1.O=S(=O)(O)O. The lowest BCUT2D eigenvalue weighted by molar-refractivity contribution is 0.381. The molecule has 0 fully saturated rings. The highest BCUT2D eigenvalue weighted by molar-refractivity contribution is 7.79. The van der Waals surface area contributed by atoms with Gasteiger partial charge >= 0.3 is 10.4 Å². The molecule has 1 aromatic heterocycles. The van der Waals surface area contributed by atoms with Crippen molar-refractivity contribution >= 4 is 33.3 Å². The summed E-state index contributed by atoms with van der Waals surface area (Å²) in [5.74, 6) is 0.832. The number of aromatic amines is 1. The van der Waals surface area contributed by atoms with E-state index in [1.165, 1.54) is 0 Å². The first-order valence-corrected chi connectivity index (χ1v) is 7.09. The second-order valence-electron chi connectivity index (χ2n) is 3.78. The van der Waals surface area contributed by atoms with Crippen LogP contribution in [0.2, 0.25) is 0 Å². The highest BCUT2D eigenvalue weighted by Gasteiger charge is 1.99. The Morgan fingerprint density at radius 3 is 2.52 bits per heavy atom. The molecule has 8 N–H and O–H groups in total. The smallest absolute Gasteiger partial charge is 0.370 e. The molecular weight excluding hydrogens is 300 g/mol. The topological polar surface area (TPSA) is 180 Å². The Morgan fingerprint density at radius 1 is 1.33 bits per heavy atom. The fraction of sp³-hybridized carbons (Fsp3) is 0.200. The van der Waals surface area contributed by atoms with Gasteiger partial charge in [-0.05, 0) is 12.1 Å². The lowest BCUT2D eigenvalue weighted by Gasteiger charge is -1.98. The van der Waals surface area contributed by atoms with Crippen LogP contribution < -0.4 is 16.8 Å². The van der Waals surface area contributed by atoms with E-state index in [1.807, 2.05) is 24.3 Å². The summed E-state index contributed by atoms with van der Waals surface area (Å²) in [5.41, 5.74) is 12.4. The number of nitrogens with zero attached hydrogens (tertiary/aromatic N) is 2. The number of anilines is 1. The van der Waals surface area contributed by atoms with E-state index in [2.05, 4.69) is 20.3 Å². The number of aliphatic imine (C=N–C) groups is 1. The molecule has 0 saturated heterocycles. The Kier molecular flexibility index (Phi) is 5.90. The van der Waals surface area contributed by atoms with Crippen molar-refractivity contribution in [3.05, 3.63) is 24.3 Å². The summed E-state index contributed by atoms with van der Waals surface area (Å²) in [6.45, 7) is 1.16. The Balaban J connectivity index is 0.000000383. The third-order valence-electron chi connectivity index (χ3n) is 2.09. The number of benzene rings is 1. The first-order valence-electron chi connectivity index (χ1n) is 5.69. The maximum absolute atomic E-state index is 8.74. The summed E-state index contributed by atoms with van der Waals surface area (Å²) in [6, 6.07) is 7.84. The van der Waals surface area contributed by atoms with Crippen LogP contribution in [0.1, 0.15) is 0 Å². The van der Waals surface area contributed by atoms with Gasteiger partial charge < -0.3 is 21.8 Å². The number of rotatable bonds is 4. The number of para-hydroxylation sites is 2. The zero-order valence-corrected chi connectivity index (χ0v) is 11.7. The maximum Gasteiger partial charge on any atom is 0.394 e. The van der Waals surface area contributed by atoms with E-state index >= 15 is 0 Å². The van der Waals surface area contributed by atoms with E-state index in [9.17, 15) is 0 Å². The van der Waals surface area contributed by atoms with Crippen molar-refractivity contribution in [1.29, 1.82) is 0 Å². The molecule has 0 unspecified atom stereocenters. The quantitative estimate of drug-likeness (QED) is 0.190. The van der Waals surface area contributed by atoms with Gasteiger partial charge in [-0.1, -0.05) is 12.1 Å². The average Bonchev–Trinajstić information content (AvgIpc) is 2.75. The van der Waals surface area contributed by atoms with Gasteiger partial charge in [0.15, 0.2) is 5.96 Å². The zero-order valence-electron chi connectivity index (χ0n) is 10.9. The monoisotopic (exact) mass is 316 g/mol. The summed E-state index contributed by atoms with van der Waals surface area (Å²) in [4.78, 5) is 11.4. The van der Waals surface area contributed by atoms with Gasteiger partial charge in [0.05, 0.1) is 17.6 Å². The Morgan fingerprint density at radius 2 is 1.95 bits per heavy atom. The van der Waals surface area contributed by atoms with Crippen LogP contribution in [0.3, 0.4) is 0 Å². The maximum atomic E-state index is 8.74. The minimum atomic E-state index is -4.67. The number of H-pyrrole nitrogens is 1. The van der Waals surface area contributed by atoms with E-state index in [0.29, 0.717) is 13.1 Å². The van der Waals surface area contributed by atoms with E-state index in [4.69, 9.17) is 29.0 Å². The fourth-order valence-corrected chi connectivity index (χ4v) is 1.40. The van der Waals surface area contributed by atoms with Crippen LogP contribution in [0, 0.1) is 0 Å². The molecule has 0 spiro atoms. The van der Waals surface area contributed by atoms with Gasteiger partial charge in [-0.15, -0.1) is 0 Å². The molecule has 11 heteroatoms. The standard InChI is InChI=1S/C10H14N6.H2O4S/c11-9(12)13-5-6-14-10-15-7-3-1-2-4-8(7)16-10;1-5(2,3)4/h1-4H,5-6H2,(H4,11,12,13)(H2,14,15,16);(H2,1,2,3,4). The normalized spacial score (nSPS) is 10.6. The van der Waals surface area contributed by atoms with Crippen LogP contribution in [-0.4, -0.2) is 46.5 Å². The molecule has 0 saturated carbocycles. The number of hydrogen-bond acceptors (Lipinski definition) is 5. The number of fused-ring (bicyclic) bond motifs is 1. The molecule has 2 aromatic rings. The molecule has 0 aliphatic carbocycles. The van der Waals surface area contributed by atoms with Crippen molar-refractivity contribution in [1.82, 2.24) is 9.97 Å². The molecule has 0 atom stereocenters. The zero-order chi connectivity index (χ0) is 15.9. The van der Waals surface area contributed by atoms with Crippen LogP contribution in [0.5, 0.6) is 0 Å². The molecule has 116 valence electrons. The predicted octanol–water partition coefficient (Wildman–Crippen LogP) is -0.405. The molecule has 0 aliphatic heterocycles. The summed E-state index contributed by atoms with van der Waals surface area (Å²) in [5, 5.41) is 3.10. The summed E-state index contributed by atoms with van der Waals surface area (Å²) >= 11 is 0. The van der Waals surface area contributed by atoms with Gasteiger partial charge in [-0.2, -0.15) is 8.42 Å². The predicted molar refractivity (Wildman–Crippen MR) is 79.4 cm³/mol. The minimum Gasteiger partial charge on any atom is -0.370 e. The van der Waals surface area contributed by atoms with E-state index in [1.54, 1.807) is 0 Å². The van der Waals surface area contributed by atoms with E-state index in [0.717, 1.165) is 17.0 Å². The molecule has 0 amide bonds. The van der Waals surface area contributed by atoms with Crippen LogP contribution >= 0.6 is 0 Å². The van der Waals surface area contributed by atoms with E-state index in [-0.39, 0.29) is 5.96 Å². The molecule has 10 nitrogen and oxygen atoms in total. The fourth-order valence-electron chi connectivity index (χ4n) is 1.40. The number of hydrogen-bond donors (Lipinski definition) is 6. The first-order chi connectivity index (χ1) is 9.75. The molecule has 1 heterocycles. The number of aromatic nitrogens is 2. The second-order valence-corrected chi connectivity index (χ2v) is 4.68. The molecule has 21 heavy (non-hydrogen) atoms. The van der Waals surface area contributed by atoms with Crippen LogP contribution in [0.15, 0.2) is 29.3 Å². The van der Waals surface area contributed by atoms with Gasteiger partial charge in [0.1, 0.15) is 0 Å². The van der Waals surface area contributed by atoms with E-state index < -0.39 is 10.4 Å². The van der Waals surface area contributed by atoms with Crippen molar-refractivity contribution in [3.63, 3.8) is 0 Å². The summed E-state index contributed by atoms with van der Waals surface area (Å²) in [7, 11) is -4.67. The number of imidazole rings is 1. The second kappa shape index (κ2) is 7.42. The molecular formula is C10H16N6O4S. The largest absolute Gasteiger partial charge is 0.394 e. The highest BCUT2D eigenvalue weighted by atomic mass is 32.3. The van der Waals surface area contributed by atoms with Gasteiger partial charge in [0, 0.05) is 6.54 Å². The number of nitrogens with two attached hydrogens (primary N) is 2. The summed E-state index contributed by atoms with van der Waals surface area (Å²) < 4.78 is 31.6. The van der Waals surface area contributed by atoms with Crippen LogP contribution in [0.25, 0.3) is 11.0 Å². The average molecular weight is 316 g/mol. The Labute approximate surface area is 120 Å². The molecule has 1 aromatic carbocycles. The first kappa shape index (κ1) is 16.7. The van der Waals surface area contributed by atoms with Crippen molar-refractivity contribution < 1.29 is 17.5 Å². The lowest BCUT2D eigenvalue weighted by atomic mass is 10.3. The number of guanidine groups is 1. The number of nitrogens with one attached hydrogen (secondary N) is 2. The molecule has 0 bridgehead atoms. The van der Waals surface area contributed by atoms with Gasteiger partial charge in [0.2, 0.25) is 5.95 Å².